The minimum Gasteiger partial charge on any atom is -0.326 e. The van der Waals surface area contributed by atoms with Gasteiger partial charge in [-0.15, -0.1) is 0 Å². The maximum absolute atomic E-state index is 13.0. The minimum atomic E-state index is -3.78. The Morgan fingerprint density at radius 2 is 1.48 bits per heavy atom. The van der Waals surface area contributed by atoms with E-state index in [0.29, 0.717) is 17.5 Å². The van der Waals surface area contributed by atoms with E-state index in [9.17, 15) is 13.2 Å². The third-order valence-electron chi connectivity index (χ3n) is 6.75. The summed E-state index contributed by atoms with van der Waals surface area (Å²) in [5.74, 6) is 2.89. The maximum atomic E-state index is 13.0. The SMILES string of the molecule is O=C(Nc1ccc(S(=O)(=O)Nc2ncccn2)cc1)C1C2CC3CC(C2)CC1C3. The molecular formula is C21H24N4O3S. The summed E-state index contributed by atoms with van der Waals surface area (Å²) in [6.45, 7) is 0. The molecule has 0 aliphatic heterocycles. The number of sulfonamides is 1. The van der Waals surface area contributed by atoms with Gasteiger partial charge in [-0.05, 0) is 86.1 Å². The van der Waals surface area contributed by atoms with Crippen LogP contribution in [0.4, 0.5) is 11.6 Å². The zero-order valence-electron chi connectivity index (χ0n) is 16.0. The highest BCUT2D eigenvalue weighted by molar-refractivity contribution is 7.92. The van der Waals surface area contributed by atoms with Crippen molar-refractivity contribution in [3.8, 4) is 0 Å². The Morgan fingerprint density at radius 1 is 0.897 bits per heavy atom. The second-order valence-electron chi connectivity index (χ2n) is 8.65. The number of carbonyl (C=O) groups excluding carboxylic acids is 1. The van der Waals surface area contributed by atoms with Crippen molar-refractivity contribution < 1.29 is 13.2 Å². The van der Waals surface area contributed by atoms with Gasteiger partial charge in [0.25, 0.3) is 10.0 Å². The second-order valence-corrected chi connectivity index (χ2v) is 10.3. The number of benzene rings is 1. The van der Waals surface area contributed by atoms with Gasteiger partial charge in [0, 0.05) is 24.0 Å². The molecule has 6 rings (SSSR count). The van der Waals surface area contributed by atoms with Gasteiger partial charge in [-0.3, -0.25) is 4.79 Å². The zero-order valence-corrected chi connectivity index (χ0v) is 16.8. The predicted molar refractivity (Wildman–Crippen MR) is 108 cm³/mol. The van der Waals surface area contributed by atoms with Crippen molar-refractivity contribution in [2.45, 2.75) is 37.0 Å². The van der Waals surface area contributed by atoms with Gasteiger partial charge in [-0.2, -0.15) is 0 Å². The number of carbonyl (C=O) groups is 1. The molecule has 0 spiro atoms. The highest BCUT2D eigenvalue weighted by atomic mass is 32.2. The van der Waals surface area contributed by atoms with Crippen LogP contribution < -0.4 is 10.0 Å². The summed E-state index contributed by atoms with van der Waals surface area (Å²) in [7, 11) is -3.78. The van der Waals surface area contributed by atoms with Crippen molar-refractivity contribution in [1.82, 2.24) is 9.97 Å². The molecule has 7 nitrogen and oxygen atoms in total. The van der Waals surface area contributed by atoms with E-state index in [4.69, 9.17) is 0 Å². The van der Waals surface area contributed by atoms with Crippen LogP contribution >= 0.6 is 0 Å². The van der Waals surface area contributed by atoms with Crippen molar-refractivity contribution in [2.75, 3.05) is 10.0 Å². The van der Waals surface area contributed by atoms with Crippen LogP contribution in [0.1, 0.15) is 32.1 Å². The van der Waals surface area contributed by atoms with Crippen LogP contribution in [0.3, 0.4) is 0 Å². The Hall–Kier alpha value is -2.48. The highest BCUT2D eigenvalue weighted by Crippen LogP contribution is 2.56. The lowest BCUT2D eigenvalue weighted by molar-refractivity contribution is -0.132. The van der Waals surface area contributed by atoms with Gasteiger partial charge >= 0.3 is 0 Å². The van der Waals surface area contributed by atoms with Crippen LogP contribution in [0.15, 0.2) is 47.6 Å². The Morgan fingerprint density at radius 3 is 2.07 bits per heavy atom. The number of aromatic nitrogens is 2. The molecule has 4 aliphatic carbocycles. The van der Waals surface area contributed by atoms with Crippen molar-refractivity contribution in [2.24, 2.45) is 29.6 Å². The Bertz CT molecular complexity index is 980. The summed E-state index contributed by atoms with van der Waals surface area (Å²) >= 11 is 0. The molecule has 0 unspecified atom stereocenters. The summed E-state index contributed by atoms with van der Waals surface area (Å²) in [6.07, 6.45) is 9.05. The first-order valence-electron chi connectivity index (χ1n) is 10.2. The summed E-state index contributed by atoms with van der Waals surface area (Å²) < 4.78 is 27.3. The largest absolute Gasteiger partial charge is 0.326 e. The molecule has 1 heterocycles. The molecule has 0 radical (unpaired) electrons. The Kier molecular flexibility index (Phi) is 4.53. The van der Waals surface area contributed by atoms with E-state index < -0.39 is 10.0 Å². The van der Waals surface area contributed by atoms with Gasteiger partial charge in [0.05, 0.1) is 4.90 Å². The lowest BCUT2D eigenvalue weighted by atomic mass is 9.51. The first kappa shape index (κ1) is 18.5. The quantitative estimate of drug-likeness (QED) is 0.785. The molecule has 2 aromatic rings. The minimum absolute atomic E-state index is 0.0202. The Balaban J connectivity index is 1.26. The molecule has 29 heavy (non-hydrogen) atoms. The number of anilines is 2. The molecule has 2 N–H and O–H groups in total. The molecule has 0 saturated heterocycles. The third-order valence-corrected chi connectivity index (χ3v) is 8.10. The number of amides is 1. The summed E-state index contributed by atoms with van der Waals surface area (Å²) in [5.41, 5.74) is 0.624. The molecular weight excluding hydrogens is 388 g/mol. The van der Waals surface area contributed by atoms with E-state index in [0.717, 1.165) is 11.8 Å². The fourth-order valence-corrected chi connectivity index (χ4v) is 6.79. The number of nitrogens with zero attached hydrogens (tertiary/aromatic N) is 2. The van der Waals surface area contributed by atoms with Crippen LogP contribution in [0.25, 0.3) is 0 Å². The zero-order chi connectivity index (χ0) is 20.0. The lowest BCUT2D eigenvalue weighted by Gasteiger charge is -2.53. The normalized spacial score (nSPS) is 30.1. The lowest BCUT2D eigenvalue weighted by Crippen LogP contribution is -2.49. The van der Waals surface area contributed by atoms with Crippen molar-refractivity contribution in [1.29, 1.82) is 0 Å². The van der Waals surface area contributed by atoms with E-state index >= 15 is 0 Å². The average molecular weight is 413 g/mol. The molecule has 4 bridgehead atoms. The second kappa shape index (κ2) is 7.09. The van der Waals surface area contributed by atoms with Crippen LogP contribution in [0.5, 0.6) is 0 Å². The monoisotopic (exact) mass is 412 g/mol. The first-order valence-corrected chi connectivity index (χ1v) is 11.7. The highest BCUT2D eigenvalue weighted by Gasteiger charge is 2.50. The van der Waals surface area contributed by atoms with Crippen molar-refractivity contribution in [3.05, 3.63) is 42.7 Å². The number of hydrogen-bond acceptors (Lipinski definition) is 5. The number of hydrogen-bond donors (Lipinski definition) is 2. The van der Waals surface area contributed by atoms with Crippen molar-refractivity contribution in [3.63, 3.8) is 0 Å². The summed E-state index contributed by atoms with van der Waals surface area (Å²) in [4.78, 5) is 20.8. The first-order chi connectivity index (χ1) is 14.0. The molecule has 1 amide bonds. The van der Waals surface area contributed by atoms with E-state index in [-0.39, 0.29) is 22.7 Å². The third kappa shape index (κ3) is 3.61. The molecule has 1 aromatic heterocycles. The van der Waals surface area contributed by atoms with Gasteiger partial charge in [-0.1, -0.05) is 0 Å². The van der Waals surface area contributed by atoms with E-state index in [1.54, 1.807) is 18.2 Å². The number of rotatable bonds is 5. The maximum Gasteiger partial charge on any atom is 0.264 e. The van der Waals surface area contributed by atoms with E-state index in [2.05, 4.69) is 20.0 Å². The van der Waals surface area contributed by atoms with Gasteiger partial charge in [0.1, 0.15) is 0 Å². The molecule has 8 heteroatoms. The van der Waals surface area contributed by atoms with Crippen LogP contribution in [0.2, 0.25) is 0 Å². The van der Waals surface area contributed by atoms with Gasteiger partial charge < -0.3 is 5.32 Å². The van der Waals surface area contributed by atoms with Gasteiger partial charge in [0.2, 0.25) is 11.9 Å². The summed E-state index contributed by atoms with van der Waals surface area (Å²) in [5, 5.41) is 3.02. The topological polar surface area (TPSA) is 101 Å². The molecule has 152 valence electrons. The van der Waals surface area contributed by atoms with Gasteiger partial charge in [-0.25, -0.2) is 23.1 Å². The van der Waals surface area contributed by atoms with Crippen LogP contribution in [0, 0.1) is 29.6 Å². The smallest absolute Gasteiger partial charge is 0.264 e. The molecule has 4 fully saturated rings. The Labute approximate surface area is 170 Å². The standard InChI is InChI=1S/C21H24N4O3S/c26-20(19-15-9-13-8-14(11-15)12-16(19)10-13)24-17-2-4-18(5-3-17)29(27,28)25-21-22-6-1-7-23-21/h1-7,13-16,19H,8-12H2,(H,24,26)(H,22,23,25). The van der Waals surface area contributed by atoms with E-state index in [1.165, 1.54) is 56.6 Å². The van der Waals surface area contributed by atoms with Crippen LogP contribution in [-0.4, -0.2) is 24.3 Å². The van der Waals surface area contributed by atoms with E-state index in [1.807, 2.05) is 0 Å². The number of nitrogens with one attached hydrogen (secondary N) is 2. The molecule has 0 atom stereocenters. The predicted octanol–water partition coefficient (Wildman–Crippen LogP) is 3.29. The fourth-order valence-electron chi connectivity index (χ4n) is 5.83. The fraction of sp³-hybridized carbons (Fsp3) is 0.476. The van der Waals surface area contributed by atoms with Crippen LogP contribution in [-0.2, 0) is 14.8 Å². The molecule has 4 aliphatic rings. The van der Waals surface area contributed by atoms with Gasteiger partial charge in [0.15, 0.2) is 0 Å². The average Bonchev–Trinajstić information content (AvgIpc) is 2.68. The van der Waals surface area contributed by atoms with Crippen molar-refractivity contribution >= 4 is 27.6 Å². The summed E-state index contributed by atoms with van der Waals surface area (Å²) in [6, 6.07) is 7.84. The molecule has 1 aromatic carbocycles. The molecule has 4 saturated carbocycles.